The topological polar surface area (TPSA) is 102 Å². The van der Waals surface area contributed by atoms with Gasteiger partial charge in [-0.05, 0) is 22.3 Å². The van der Waals surface area contributed by atoms with Gasteiger partial charge in [-0.1, -0.05) is 48.5 Å². The predicted molar refractivity (Wildman–Crippen MR) is 96.3 cm³/mol. The van der Waals surface area contributed by atoms with Gasteiger partial charge in [0.1, 0.15) is 12.6 Å². The summed E-state index contributed by atoms with van der Waals surface area (Å²) in [4.78, 5) is 34.5. The monoisotopic (exact) mass is 369 g/mol. The van der Waals surface area contributed by atoms with Gasteiger partial charge in [-0.2, -0.15) is 0 Å². The van der Waals surface area contributed by atoms with Crippen LogP contribution in [0.15, 0.2) is 48.5 Å². The molecule has 2 aromatic rings. The Balaban J connectivity index is 1.68. The highest BCUT2D eigenvalue weighted by Crippen LogP contribution is 2.44. The van der Waals surface area contributed by atoms with E-state index in [1.807, 2.05) is 48.5 Å². The Bertz CT molecular complexity index is 833. The summed E-state index contributed by atoms with van der Waals surface area (Å²) >= 11 is 0. The molecular formula is C20H19NO6. The van der Waals surface area contributed by atoms with Gasteiger partial charge in [-0.25, -0.2) is 9.59 Å². The molecule has 0 bridgehead atoms. The van der Waals surface area contributed by atoms with Gasteiger partial charge in [0.2, 0.25) is 0 Å². The van der Waals surface area contributed by atoms with Crippen LogP contribution >= 0.6 is 0 Å². The fourth-order valence-corrected chi connectivity index (χ4v) is 3.23. The zero-order valence-electron chi connectivity index (χ0n) is 14.7. The number of hydrogen-bond acceptors (Lipinski definition) is 5. The number of amides is 1. The van der Waals surface area contributed by atoms with Crippen molar-refractivity contribution in [2.75, 3.05) is 13.7 Å². The van der Waals surface area contributed by atoms with E-state index in [9.17, 15) is 14.4 Å². The summed E-state index contributed by atoms with van der Waals surface area (Å²) in [6, 6.07) is 14.4. The Labute approximate surface area is 155 Å². The van der Waals surface area contributed by atoms with Gasteiger partial charge in [-0.3, -0.25) is 4.79 Å². The van der Waals surface area contributed by atoms with E-state index in [-0.39, 0.29) is 12.5 Å². The van der Waals surface area contributed by atoms with Crippen LogP contribution in [0.5, 0.6) is 0 Å². The number of ether oxygens (including phenoxy) is 2. The number of carboxylic acid groups (broad SMARTS) is 1. The van der Waals surface area contributed by atoms with Crippen LogP contribution in [0, 0.1) is 0 Å². The molecule has 1 amide bonds. The molecule has 0 aromatic heterocycles. The first-order chi connectivity index (χ1) is 13.0. The molecule has 0 heterocycles. The minimum atomic E-state index is -1.41. The molecule has 0 radical (unpaired) electrons. The van der Waals surface area contributed by atoms with Crippen molar-refractivity contribution < 1.29 is 29.0 Å². The Morgan fingerprint density at radius 1 is 1.04 bits per heavy atom. The van der Waals surface area contributed by atoms with Gasteiger partial charge in [-0.15, -0.1) is 0 Å². The maximum Gasteiger partial charge on any atom is 0.407 e. The van der Waals surface area contributed by atoms with E-state index in [0.29, 0.717) is 0 Å². The van der Waals surface area contributed by atoms with Gasteiger partial charge in [0.05, 0.1) is 13.5 Å². The molecule has 2 N–H and O–H groups in total. The number of nitrogens with one attached hydrogen (secondary N) is 1. The molecule has 0 spiro atoms. The fraction of sp³-hybridized carbons (Fsp3) is 0.250. The average Bonchev–Trinajstić information content (AvgIpc) is 2.99. The first kappa shape index (κ1) is 18.4. The number of rotatable bonds is 6. The van der Waals surface area contributed by atoms with Gasteiger partial charge >= 0.3 is 18.0 Å². The zero-order valence-corrected chi connectivity index (χ0v) is 14.7. The number of carbonyl (C=O) groups is 3. The molecule has 0 unspecified atom stereocenters. The number of benzene rings is 2. The first-order valence-corrected chi connectivity index (χ1v) is 8.42. The second-order valence-electron chi connectivity index (χ2n) is 6.14. The predicted octanol–water partition coefficient (Wildman–Crippen LogP) is 2.54. The molecule has 1 atom stereocenters. The first-order valence-electron chi connectivity index (χ1n) is 8.42. The highest BCUT2D eigenvalue weighted by atomic mass is 16.5. The van der Waals surface area contributed by atoms with Crippen molar-refractivity contribution >= 4 is 18.0 Å². The van der Waals surface area contributed by atoms with Crippen molar-refractivity contribution in [1.82, 2.24) is 5.32 Å². The van der Waals surface area contributed by atoms with Crippen LogP contribution in [-0.4, -0.2) is 42.9 Å². The van der Waals surface area contributed by atoms with Crippen LogP contribution in [0.4, 0.5) is 4.79 Å². The minimum Gasteiger partial charge on any atom is -0.480 e. The molecule has 0 aliphatic heterocycles. The summed E-state index contributed by atoms with van der Waals surface area (Å²) < 4.78 is 9.71. The van der Waals surface area contributed by atoms with Crippen LogP contribution < -0.4 is 5.32 Å². The summed E-state index contributed by atoms with van der Waals surface area (Å²) in [5.74, 6) is -2.21. The third kappa shape index (κ3) is 3.92. The number of aliphatic carboxylic acids is 1. The molecule has 7 heteroatoms. The largest absolute Gasteiger partial charge is 0.480 e. The quantitative estimate of drug-likeness (QED) is 0.759. The van der Waals surface area contributed by atoms with E-state index in [0.717, 1.165) is 29.4 Å². The van der Waals surface area contributed by atoms with Crippen molar-refractivity contribution in [2.24, 2.45) is 0 Å². The summed E-state index contributed by atoms with van der Waals surface area (Å²) in [6.07, 6.45) is -1.37. The summed E-state index contributed by atoms with van der Waals surface area (Å²) in [5.41, 5.74) is 4.29. The number of methoxy groups -OCH3 is 1. The van der Waals surface area contributed by atoms with Gasteiger partial charge in [0.25, 0.3) is 0 Å². The Morgan fingerprint density at radius 2 is 1.59 bits per heavy atom. The van der Waals surface area contributed by atoms with Crippen LogP contribution in [0.1, 0.15) is 23.5 Å². The number of carbonyl (C=O) groups excluding carboxylic acids is 2. The second kappa shape index (κ2) is 7.90. The van der Waals surface area contributed by atoms with Gasteiger partial charge in [0.15, 0.2) is 0 Å². The number of carboxylic acids is 1. The van der Waals surface area contributed by atoms with Crippen LogP contribution in [0.3, 0.4) is 0 Å². The van der Waals surface area contributed by atoms with Gasteiger partial charge in [0, 0.05) is 5.92 Å². The number of fused-ring (bicyclic) bond motifs is 3. The van der Waals surface area contributed by atoms with Crippen molar-refractivity contribution in [2.45, 2.75) is 18.4 Å². The highest BCUT2D eigenvalue weighted by molar-refractivity contribution is 5.85. The maximum absolute atomic E-state index is 12.1. The molecule has 7 nitrogen and oxygen atoms in total. The minimum absolute atomic E-state index is 0.0599. The number of hydrogen-bond donors (Lipinski definition) is 2. The van der Waals surface area contributed by atoms with Crippen molar-refractivity contribution in [1.29, 1.82) is 0 Å². The molecule has 0 saturated heterocycles. The lowest BCUT2D eigenvalue weighted by atomic mass is 9.98. The highest BCUT2D eigenvalue weighted by Gasteiger charge is 2.30. The fourth-order valence-electron chi connectivity index (χ4n) is 3.23. The van der Waals surface area contributed by atoms with Crippen molar-refractivity contribution in [3.8, 4) is 11.1 Å². The third-order valence-corrected chi connectivity index (χ3v) is 4.53. The Kier molecular flexibility index (Phi) is 5.40. The summed E-state index contributed by atoms with van der Waals surface area (Å²) in [6.45, 7) is 0.0599. The lowest BCUT2D eigenvalue weighted by Crippen LogP contribution is -2.43. The van der Waals surface area contributed by atoms with Crippen molar-refractivity contribution in [3.05, 3.63) is 59.7 Å². The lowest BCUT2D eigenvalue weighted by Gasteiger charge is -2.17. The van der Waals surface area contributed by atoms with Crippen LogP contribution in [0.2, 0.25) is 0 Å². The molecule has 1 aliphatic carbocycles. The van der Waals surface area contributed by atoms with E-state index < -0.39 is 30.5 Å². The molecule has 27 heavy (non-hydrogen) atoms. The van der Waals surface area contributed by atoms with Crippen molar-refractivity contribution in [3.63, 3.8) is 0 Å². The molecule has 0 fully saturated rings. The second-order valence-corrected chi connectivity index (χ2v) is 6.14. The standard InChI is InChI=1S/C20H19NO6/c1-26-18(22)10-17(19(23)24)21-20(25)27-11-16-14-8-4-2-6-12(14)13-7-3-5-9-15(13)16/h2-9,16-17H,10-11H2,1H3,(H,21,25)(H,23,24)/t17-/m0/s1. The van der Waals surface area contributed by atoms with E-state index >= 15 is 0 Å². The number of alkyl carbamates (subject to hydrolysis) is 1. The Morgan fingerprint density at radius 3 is 2.11 bits per heavy atom. The number of esters is 1. The smallest absolute Gasteiger partial charge is 0.407 e. The van der Waals surface area contributed by atoms with E-state index in [1.165, 1.54) is 0 Å². The van der Waals surface area contributed by atoms with Gasteiger partial charge < -0.3 is 19.9 Å². The normalized spacial score (nSPS) is 13.2. The molecular weight excluding hydrogens is 350 g/mol. The lowest BCUT2D eigenvalue weighted by molar-refractivity contribution is -0.147. The summed E-state index contributed by atoms with van der Waals surface area (Å²) in [5, 5.41) is 11.3. The van der Waals surface area contributed by atoms with Crippen LogP contribution in [0.25, 0.3) is 11.1 Å². The molecule has 2 aromatic carbocycles. The zero-order chi connectivity index (χ0) is 19.4. The van der Waals surface area contributed by atoms with E-state index in [1.54, 1.807) is 0 Å². The molecule has 1 aliphatic rings. The van der Waals surface area contributed by atoms with E-state index in [2.05, 4.69) is 10.1 Å². The third-order valence-electron chi connectivity index (χ3n) is 4.53. The SMILES string of the molecule is COC(=O)C[C@H](NC(=O)OCC1c2ccccc2-c2ccccc21)C(=O)O. The molecule has 140 valence electrons. The summed E-state index contributed by atoms with van der Waals surface area (Å²) in [7, 11) is 1.15. The van der Waals surface area contributed by atoms with Crippen LogP contribution in [-0.2, 0) is 19.1 Å². The Hall–Kier alpha value is -3.35. The maximum atomic E-state index is 12.1. The average molecular weight is 369 g/mol. The molecule has 0 saturated carbocycles. The molecule has 3 rings (SSSR count). The van der Waals surface area contributed by atoms with E-state index in [4.69, 9.17) is 9.84 Å².